The molecule has 0 aliphatic heterocycles. The van der Waals surface area contributed by atoms with Gasteiger partial charge in [0.1, 0.15) is 0 Å². The number of aryl methyl sites for hydroxylation is 1. The Morgan fingerprint density at radius 1 is 1.21 bits per heavy atom. The Balaban J connectivity index is 0.00000208. The molecule has 0 spiro atoms. The van der Waals surface area contributed by atoms with Crippen molar-refractivity contribution >= 4 is 30.1 Å². The van der Waals surface area contributed by atoms with Gasteiger partial charge in [-0.25, -0.2) is 0 Å². The van der Waals surface area contributed by atoms with Crippen molar-refractivity contribution in [1.29, 1.82) is 0 Å². The van der Waals surface area contributed by atoms with Crippen molar-refractivity contribution in [2.24, 2.45) is 23.5 Å². The molecule has 134 valence electrons. The zero-order valence-electron chi connectivity index (χ0n) is 14.4. The highest BCUT2D eigenvalue weighted by atomic mass is 35.5. The lowest BCUT2D eigenvalue weighted by Gasteiger charge is -2.43. The van der Waals surface area contributed by atoms with Crippen LogP contribution in [0.2, 0.25) is 0 Å². The summed E-state index contributed by atoms with van der Waals surface area (Å²) in [6.45, 7) is 2.84. The lowest BCUT2D eigenvalue weighted by molar-refractivity contribution is -0.127. The van der Waals surface area contributed by atoms with Gasteiger partial charge in [-0.15, -0.1) is 24.2 Å². The molecule has 2 fully saturated rings. The van der Waals surface area contributed by atoms with E-state index in [1.54, 1.807) is 11.8 Å². The van der Waals surface area contributed by atoms with E-state index in [2.05, 4.69) is 36.5 Å². The summed E-state index contributed by atoms with van der Waals surface area (Å²) in [6, 6.07) is 8.89. The average molecular weight is 369 g/mol. The predicted octanol–water partition coefficient (Wildman–Crippen LogP) is 3.78. The molecule has 2 aliphatic rings. The lowest BCUT2D eigenvalue weighted by Crippen LogP contribution is -2.49. The minimum Gasteiger partial charge on any atom is -0.355 e. The third kappa shape index (κ3) is 4.90. The first-order valence-electron chi connectivity index (χ1n) is 8.86. The van der Waals surface area contributed by atoms with E-state index in [4.69, 9.17) is 5.73 Å². The van der Waals surface area contributed by atoms with Crippen LogP contribution >= 0.6 is 24.2 Å². The summed E-state index contributed by atoms with van der Waals surface area (Å²) in [6.07, 6.45) is 5.71. The Morgan fingerprint density at radius 2 is 1.83 bits per heavy atom. The van der Waals surface area contributed by atoms with Gasteiger partial charge in [-0.05, 0) is 56.6 Å². The van der Waals surface area contributed by atoms with Gasteiger partial charge in [0.2, 0.25) is 5.91 Å². The van der Waals surface area contributed by atoms with Gasteiger partial charge in [0, 0.05) is 29.2 Å². The van der Waals surface area contributed by atoms with Crippen LogP contribution in [0.15, 0.2) is 29.2 Å². The minimum absolute atomic E-state index is 0. The Morgan fingerprint density at radius 3 is 2.46 bits per heavy atom. The second-order valence-electron chi connectivity index (χ2n) is 7.15. The first-order chi connectivity index (χ1) is 11.1. The number of amides is 1. The Hall–Kier alpha value is -0.710. The van der Waals surface area contributed by atoms with Crippen LogP contribution in [-0.2, 0) is 4.79 Å². The van der Waals surface area contributed by atoms with Crippen LogP contribution in [0.5, 0.6) is 0 Å². The first-order valence-corrected chi connectivity index (χ1v) is 9.85. The molecule has 3 rings (SSSR count). The van der Waals surface area contributed by atoms with Crippen LogP contribution in [-0.4, -0.2) is 24.2 Å². The van der Waals surface area contributed by atoms with E-state index in [-0.39, 0.29) is 24.2 Å². The van der Waals surface area contributed by atoms with Crippen molar-refractivity contribution in [3.8, 4) is 0 Å². The number of halogens is 1. The molecule has 24 heavy (non-hydrogen) atoms. The maximum atomic E-state index is 12.4. The second-order valence-corrected chi connectivity index (χ2v) is 8.32. The number of nitrogens with two attached hydrogens (primary N) is 1. The van der Waals surface area contributed by atoms with Crippen LogP contribution in [0.25, 0.3) is 0 Å². The molecule has 2 atom stereocenters. The Bertz CT molecular complexity index is 523. The van der Waals surface area contributed by atoms with Crippen molar-refractivity contribution < 1.29 is 4.79 Å². The molecule has 0 saturated heterocycles. The Kier molecular flexibility index (Phi) is 7.45. The molecule has 2 unspecified atom stereocenters. The first kappa shape index (κ1) is 19.6. The maximum absolute atomic E-state index is 12.4. The topological polar surface area (TPSA) is 55.1 Å². The summed E-state index contributed by atoms with van der Waals surface area (Å²) >= 11 is 1.80. The molecule has 1 aromatic carbocycles. The molecule has 2 bridgehead atoms. The van der Waals surface area contributed by atoms with E-state index in [1.807, 2.05) is 0 Å². The molecule has 5 heteroatoms. The third-order valence-corrected chi connectivity index (χ3v) is 6.49. The zero-order chi connectivity index (χ0) is 16.2. The van der Waals surface area contributed by atoms with Crippen LogP contribution in [0.4, 0.5) is 0 Å². The number of hydrogen-bond donors (Lipinski definition) is 2. The van der Waals surface area contributed by atoms with Crippen LogP contribution in [0, 0.1) is 24.7 Å². The van der Waals surface area contributed by atoms with Gasteiger partial charge >= 0.3 is 0 Å². The average Bonchev–Trinajstić information content (AvgIpc) is 2.53. The highest BCUT2D eigenvalue weighted by Crippen LogP contribution is 2.41. The van der Waals surface area contributed by atoms with E-state index in [9.17, 15) is 4.79 Å². The molecule has 1 aromatic rings. The van der Waals surface area contributed by atoms with Crippen LogP contribution in [0.1, 0.15) is 37.7 Å². The van der Waals surface area contributed by atoms with E-state index >= 15 is 0 Å². The minimum atomic E-state index is 0. The second kappa shape index (κ2) is 9.12. The van der Waals surface area contributed by atoms with E-state index in [1.165, 1.54) is 29.7 Å². The van der Waals surface area contributed by atoms with E-state index in [0.717, 1.165) is 25.1 Å². The van der Waals surface area contributed by atoms with Crippen LogP contribution in [0.3, 0.4) is 0 Å². The van der Waals surface area contributed by atoms with Gasteiger partial charge in [0.25, 0.3) is 0 Å². The van der Waals surface area contributed by atoms with E-state index < -0.39 is 0 Å². The smallest absolute Gasteiger partial charge is 0.223 e. The molecule has 0 radical (unpaired) electrons. The number of thioether (sulfide) groups is 1. The van der Waals surface area contributed by atoms with Crippen LogP contribution < -0.4 is 11.1 Å². The highest BCUT2D eigenvalue weighted by Gasteiger charge is 2.40. The van der Waals surface area contributed by atoms with Gasteiger partial charge in [-0.3, -0.25) is 4.79 Å². The largest absolute Gasteiger partial charge is 0.355 e. The zero-order valence-corrected chi connectivity index (χ0v) is 16.0. The SMILES string of the molecule is Cc1ccc(SCCNC(=O)C2CC3CCCC(C2)C3N)cc1.Cl. The fourth-order valence-electron chi connectivity index (χ4n) is 4.13. The fraction of sp³-hybridized carbons (Fsp3) is 0.632. The summed E-state index contributed by atoms with van der Waals surface area (Å²) in [5.74, 6) is 2.50. The third-order valence-electron chi connectivity index (χ3n) is 5.47. The number of nitrogens with one attached hydrogen (secondary N) is 1. The standard InChI is InChI=1S/C19H28N2OS.ClH/c1-13-5-7-17(8-6-13)23-10-9-21-19(22)16-11-14-3-2-4-15(12-16)18(14)20;/h5-8,14-16,18H,2-4,9-12,20H2,1H3,(H,21,22);1H. The molecule has 0 heterocycles. The number of benzene rings is 1. The summed E-state index contributed by atoms with van der Waals surface area (Å²) in [4.78, 5) is 13.7. The summed E-state index contributed by atoms with van der Waals surface area (Å²) in [5.41, 5.74) is 7.59. The molecule has 1 amide bonds. The van der Waals surface area contributed by atoms with Gasteiger partial charge < -0.3 is 11.1 Å². The quantitative estimate of drug-likeness (QED) is 0.614. The van der Waals surface area contributed by atoms with Crippen molar-refractivity contribution in [1.82, 2.24) is 5.32 Å². The summed E-state index contributed by atoms with van der Waals surface area (Å²) in [7, 11) is 0. The molecule has 0 aromatic heterocycles. The monoisotopic (exact) mass is 368 g/mol. The molecule has 2 aliphatic carbocycles. The maximum Gasteiger partial charge on any atom is 0.223 e. The number of carbonyl (C=O) groups excluding carboxylic acids is 1. The molecule has 3 N–H and O–H groups in total. The predicted molar refractivity (Wildman–Crippen MR) is 104 cm³/mol. The van der Waals surface area contributed by atoms with E-state index in [0.29, 0.717) is 17.9 Å². The fourth-order valence-corrected chi connectivity index (χ4v) is 4.89. The van der Waals surface area contributed by atoms with Gasteiger partial charge in [-0.1, -0.05) is 24.1 Å². The van der Waals surface area contributed by atoms with Crippen molar-refractivity contribution in [2.45, 2.75) is 50.0 Å². The molecule has 2 saturated carbocycles. The van der Waals surface area contributed by atoms with Crippen molar-refractivity contribution in [3.05, 3.63) is 29.8 Å². The summed E-state index contributed by atoms with van der Waals surface area (Å²) < 4.78 is 0. The van der Waals surface area contributed by atoms with Gasteiger partial charge in [0.05, 0.1) is 0 Å². The molecular weight excluding hydrogens is 340 g/mol. The number of rotatable bonds is 5. The molecular formula is C19H29ClN2OS. The number of hydrogen-bond acceptors (Lipinski definition) is 3. The van der Waals surface area contributed by atoms with Crippen molar-refractivity contribution in [3.63, 3.8) is 0 Å². The highest BCUT2D eigenvalue weighted by molar-refractivity contribution is 7.99. The van der Waals surface area contributed by atoms with Gasteiger partial charge in [-0.2, -0.15) is 0 Å². The lowest BCUT2D eigenvalue weighted by atomic mass is 9.65. The normalized spacial score (nSPS) is 28.8. The number of fused-ring (bicyclic) bond motifs is 2. The van der Waals surface area contributed by atoms with Crippen molar-refractivity contribution in [2.75, 3.05) is 12.3 Å². The van der Waals surface area contributed by atoms with Gasteiger partial charge in [0.15, 0.2) is 0 Å². The number of carbonyl (C=O) groups is 1. The summed E-state index contributed by atoms with van der Waals surface area (Å²) in [5, 5.41) is 3.14. The Labute approximate surface area is 155 Å². The molecule has 3 nitrogen and oxygen atoms in total.